The zero-order valence-electron chi connectivity index (χ0n) is 16.3. The number of anilines is 1. The van der Waals surface area contributed by atoms with Crippen LogP contribution in [0.25, 0.3) is 0 Å². The maximum atomic E-state index is 12.7. The van der Waals surface area contributed by atoms with Crippen molar-refractivity contribution in [3.8, 4) is 11.5 Å². The quantitative estimate of drug-likeness (QED) is 0.497. The second kappa shape index (κ2) is 9.89. The molecule has 2 aromatic carbocycles. The Morgan fingerprint density at radius 3 is 2.07 bits per heavy atom. The molecule has 0 bridgehead atoms. The molecule has 7 heteroatoms. The monoisotopic (exact) mass is 390 g/mol. The number of nitrogens with zero attached hydrogens (tertiary/aromatic N) is 2. The predicted octanol–water partition coefficient (Wildman–Crippen LogP) is 3.50. The summed E-state index contributed by atoms with van der Waals surface area (Å²) in [5, 5.41) is 5.98. The fourth-order valence-corrected chi connectivity index (χ4v) is 2.50. The largest absolute Gasteiger partial charge is 0.497 e. The first kappa shape index (κ1) is 19.9. The number of guanidine groups is 1. The van der Waals surface area contributed by atoms with Gasteiger partial charge in [0.25, 0.3) is 5.91 Å². The maximum Gasteiger partial charge on any atom is 0.257 e. The van der Waals surface area contributed by atoms with Gasteiger partial charge in [0, 0.05) is 23.6 Å². The molecule has 0 saturated carbocycles. The summed E-state index contributed by atoms with van der Waals surface area (Å²) in [6.07, 6.45) is 3.41. The topological polar surface area (TPSA) is 84.8 Å². The van der Waals surface area contributed by atoms with Gasteiger partial charge in [-0.15, -0.1) is 0 Å². The van der Waals surface area contributed by atoms with Crippen LogP contribution in [-0.2, 0) is 6.54 Å². The van der Waals surface area contributed by atoms with Crippen molar-refractivity contribution in [3.63, 3.8) is 0 Å². The number of hydrogen-bond donors (Lipinski definition) is 2. The molecule has 2 N–H and O–H groups in total. The van der Waals surface area contributed by atoms with Crippen LogP contribution in [-0.4, -0.2) is 31.1 Å². The number of rotatable bonds is 6. The Kier molecular flexibility index (Phi) is 6.78. The van der Waals surface area contributed by atoms with Gasteiger partial charge in [-0.3, -0.25) is 15.1 Å². The lowest BCUT2D eigenvalue weighted by molar-refractivity contribution is 0.0977. The van der Waals surface area contributed by atoms with E-state index < -0.39 is 0 Å². The van der Waals surface area contributed by atoms with E-state index in [0.717, 1.165) is 17.0 Å². The van der Waals surface area contributed by atoms with E-state index in [2.05, 4.69) is 20.6 Å². The average Bonchev–Trinajstić information content (AvgIpc) is 2.78. The zero-order valence-corrected chi connectivity index (χ0v) is 16.3. The lowest BCUT2D eigenvalue weighted by Gasteiger charge is -2.12. The minimum Gasteiger partial charge on any atom is -0.497 e. The van der Waals surface area contributed by atoms with Crippen LogP contribution in [0.1, 0.15) is 15.9 Å². The molecule has 0 radical (unpaired) electrons. The summed E-state index contributed by atoms with van der Waals surface area (Å²) in [4.78, 5) is 21.2. The molecular formula is C22H22N4O3. The minimum absolute atomic E-state index is 0.276. The van der Waals surface area contributed by atoms with Crippen LogP contribution in [0.2, 0.25) is 0 Å². The van der Waals surface area contributed by atoms with Crippen LogP contribution in [0, 0.1) is 0 Å². The Labute approximate surface area is 169 Å². The number of pyridine rings is 1. The third kappa shape index (κ3) is 5.80. The van der Waals surface area contributed by atoms with Gasteiger partial charge in [0.1, 0.15) is 11.5 Å². The van der Waals surface area contributed by atoms with Crippen LogP contribution in [0.15, 0.2) is 78.0 Å². The first-order valence-corrected chi connectivity index (χ1v) is 8.98. The van der Waals surface area contributed by atoms with Crippen molar-refractivity contribution >= 4 is 17.6 Å². The van der Waals surface area contributed by atoms with E-state index in [1.165, 1.54) is 0 Å². The fourth-order valence-electron chi connectivity index (χ4n) is 2.50. The standard InChI is InChI=1S/C22H22N4O3/c1-28-19-7-3-17(4-8-19)21(27)26-22(24-15-16-11-13-23-14-12-16)25-18-5-9-20(29-2)10-6-18/h3-14H,15H2,1-2H3,(H2,24,25,26,27). The van der Waals surface area contributed by atoms with E-state index in [9.17, 15) is 4.79 Å². The maximum absolute atomic E-state index is 12.7. The number of aliphatic imine (C=N–C) groups is 1. The van der Waals surface area contributed by atoms with Crippen molar-refractivity contribution in [1.82, 2.24) is 10.3 Å². The molecule has 7 nitrogen and oxygen atoms in total. The second-order valence-corrected chi connectivity index (χ2v) is 6.06. The molecule has 29 heavy (non-hydrogen) atoms. The molecule has 0 atom stereocenters. The van der Waals surface area contributed by atoms with Crippen molar-refractivity contribution in [2.24, 2.45) is 4.99 Å². The molecule has 0 spiro atoms. The number of aromatic nitrogens is 1. The average molecular weight is 390 g/mol. The molecule has 3 aromatic rings. The lowest BCUT2D eigenvalue weighted by atomic mass is 10.2. The van der Waals surface area contributed by atoms with E-state index >= 15 is 0 Å². The fraction of sp³-hybridized carbons (Fsp3) is 0.136. The van der Waals surface area contributed by atoms with Gasteiger partial charge in [0.2, 0.25) is 5.96 Å². The Hall–Kier alpha value is -3.87. The number of carbonyl (C=O) groups is 1. The number of nitrogens with one attached hydrogen (secondary N) is 2. The van der Waals surface area contributed by atoms with Crippen LogP contribution in [0.5, 0.6) is 11.5 Å². The summed E-state index contributed by atoms with van der Waals surface area (Å²) >= 11 is 0. The summed E-state index contributed by atoms with van der Waals surface area (Å²) in [6, 6.07) is 18.0. The van der Waals surface area contributed by atoms with Crippen LogP contribution in [0.4, 0.5) is 5.69 Å². The van der Waals surface area contributed by atoms with Gasteiger partial charge in [-0.05, 0) is 66.2 Å². The first-order chi connectivity index (χ1) is 14.2. The molecule has 1 aromatic heterocycles. The zero-order chi connectivity index (χ0) is 20.5. The summed E-state index contributed by atoms with van der Waals surface area (Å²) < 4.78 is 10.3. The van der Waals surface area contributed by atoms with Gasteiger partial charge < -0.3 is 14.8 Å². The molecule has 1 amide bonds. The van der Waals surface area contributed by atoms with Gasteiger partial charge in [-0.2, -0.15) is 0 Å². The first-order valence-electron chi connectivity index (χ1n) is 8.98. The van der Waals surface area contributed by atoms with Crippen molar-refractivity contribution in [2.45, 2.75) is 6.54 Å². The van der Waals surface area contributed by atoms with Crippen LogP contribution >= 0.6 is 0 Å². The highest BCUT2D eigenvalue weighted by atomic mass is 16.5. The summed E-state index contributed by atoms with van der Waals surface area (Å²) in [6.45, 7) is 0.393. The van der Waals surface area contributed by atoms with Gasteiger partial charge in [-0.25, -0.2) is 4.99 Å². The number of hydrogen-bond acceptors (Lipinski definition) is 5. The van der Waals surface area contributed by atoms with Gasteiger partial charge in [0.05, 0.1) is 20.8 Å². The molecule has 0 aliphatic rings. The smallest absolute Gasteiger partial charge is 0.257 e. The summed E-state index contributed by atoms with van der Waals surface area (Å²) in [5.74, 6) is 1.49. The summed E-state index contributed by atoms with van der Waals surface area (Å²) in [5.41, 5.74) is 2.25. The highest BCUT2D eigenvalue weighted by Crippen LogP contribution is 2.15. The number of amides is 1. The molecule has 0 fully saturated rings. The van der Waals surface area contributed by atoms with E-state index in [0.29, 0.717) is 23.8 Å². The van der Waals surface area contributed by atoms with Gasteiger partial charge in [-0.1, -0.05) is 0 Å². The number of carbonyl (C=O) groups excluding carboxylic acids is 1. The molecular weight excluding hydrogens is 368 g/mol. The molecule has 0 aliphatic heterocycles. The number of benzene rings is 2. The van der Waals surface area contributed by atoms with E-state index in [1.54, 1.807) is 50.9 Å². The van der Waals surface area contributed by atoms with E-state index in [-0.39, 0.29) is 5.91 Å². The van der Waals surface area contributed by atoms with Crippen molar-refractivity contribution in [2.75, 3.05) is 19.5 Å². The Morgan fingerprint density at radius 2 is 1.48 bits per heavy atom. The molecule has 3 rings (SSSR count). The number of ether oxygens (including phenoxy) is 2. The van der Waals surface area contributed by atoms with Crippen molar-refractivity contribution < 1.29 is 14.3 Å². The SMILES string of the molecule is COc1ccc(NC(=NCc2ccncc2)NC(=O)c2ccc(OC)cc2)cc1. The second-order valence-electron chi connectivity index (χ2n) is 6.06. The van der Waals surface area contributed by atoms with Crippen molar-refractivity contribution in [1.29, 1.82) is 0 Å². The van der Waals surface area contributed by atoms with Gasteiger partial charge >= 0.3 is 0 Å². The third-order valence-electron chi connectivity index (χ3n) is 4.11. The highest BCUT2D eigenvalue weighted by Gasteiger charge is 2.10. The molecule has 0 aliphatic carbocycles. The third-order valence-corrected chi connectivity index (χ3v) is 4.11. The van der Waals surface area contributed by atoms with Crippen LogP contribution in [0.3, 0.4) is 0 Å². The molecule has 1 heterocycles. The van der Waals surface area contributed by atoms with E-state index in [4.69, 9.17) is 9.47 Å². The van der Waals surface area contributed by atoms with Gasteiger partial charge in [0.15, 0.2) is 0 Å². The lowest BCUT2D eigenvalue weighted by Crippen LogP contribution is -2.36. The molecule has 148 valence electrons. The normalized spacial score (nSPS) is 10.9. The highest BCUT2D eigenvalue weighted by molar-refractivity contribution is 6.10. The van der Waals surface area contributed by atoms with Crippen molar-refractivity contribution in [3.05, 3.63) is 84.2 Å². The Balaban J connectivity index is 1.77. The molecule has 0 unspecified atom stereocenters. The van der Waals surface area contributed by atoms with Crippen LogP contribution < -0.4 is 20.1 Å². The van der Waals surface area contributed by atoms with E-state index in [1.807, 2.05) is 36.4 Å². The minimum atomic E-state index is -0.276. The Bertz CT molecular complexity index is 956. The summed E-state index contributed by atoms with van der Waals surface area (Å²) in [7, 11) is 3.19. The molecule has 0 saturated heterocycles. The number of methoxy groups -OCH3 is 2. The Morgan fingerprint density at radius 1 is 0.897 bits per heavy atom. The predicted molar refractivity (Wildman–Crippen MR) is 112 cm³/mol.